The van der Waals surface area contributed by atoms with E-state index in [1.165, 1.54) is 12.0 Å². The predicted octanol–water partition coefficient (Wildman–Crippen LogP) is 4.91. The van der Waals surface area contributed by atoms with Crippen LogP contribution in [0.4, 0.5) is 10.1 Å². The Balaban J connectivity index is 1.53. The van der Waals surface area contributed by atoms with Gasteiger partial charge in [0.05, 0.1) is 19.2 Å². The molecule has 28 heavy (non-hydrogen) atoms. The van der Waals surface area contributed by atoms with Gasteiger partial charge in [0.2, 0.25) is 0 Å². The number of anilines is 1. The molecule has 0 bridgehead atoms. The summed E-state index contributed by atoms with van der Waals surface area (Å²) in [6.07, 6.45) is 3.49. The summed E-state index contributed by atoms with van der Waals surface area (Å²) in [6.45, 7) is 2.74. The van der Waals surface area contributed by atoms with Crippen LogP contribution in [-0.2, 0) is 0 Å². The van der Waals surface area contributed by atoms with Crippen LogP contribution in [0, 0.1) is 5.82 Å². The molecule has 0 spiro atoms. The lowest BCUT2D eigenvalue weighted by Gasteiger charge is -2.49. The molecular weight excluding hydrogens is 379 g/mol. The molecule has 0 aliphatic carbocycles. The summed E-state index contributed by atoms with van der Waals surface area (Å²) in [4.78, 5) is 4.88. The lowest BCUT2D eigenvalue weighted by Crippen LogP contribution is -2.55. The first kappa shape index (κ1) is 19.3. The number of hydrogen-bond donors (Lipinski definition) is 0. The minimum atomic E-state index is -0.353. The third-order valence-corrected chi connectivity index (χ3v) is 6.31. The second-order valence-corrected chi connectivity index (χ2v) is 7.90. The molecule has 4 rings (SSSR count). The number of piperazine rings is 1. The van der Waals surface area contributed by atoms with Gasteiger partial charge in [0.15, 0.2) is 11.5 Å². The number of hydrogen-bond acceptors (Lipinski definition) is 4. The van der Waals surface area contributed by atoms with Crippen LogP contribution in [-0.4, -0.2) is 44.8 Å². The molecule has 0 aromatic heterocycles. The first-order chi connectivity index (χ1) is 13.6. The van der Waals surface area contributed by atoms with Gasteiger partial charge in [-0.05, 0) is 55.2 Å². The third kappa shape index (κ3) is 3.65. The smallest absolute Gasteiger partial charge is 0.161 e. The van der Waals surface area contributed by atoms with Crippen molar-refractivity contribution in [1.29, 1.82) is 0 Å². The molecule has 150 valence electrons. The maximum atomic E-state index is 13.9. The summed E-state index contributed by atoms with van der Waals surface area (Å²) < 4.78 is 24.8. The summed E-state index contributed by atoms with van der Waals surface area (Å²) >= 11 is 5.84. The molecule has 2 aromatic rings. The van der Waals surface area contributed by atoms with Crippen LogP contribution in [0.25, 0.3) is 0 Å². The fourth-order valence-corrected chi connectivity index (χ4v) is 4.70. The molecule has 2 aliphatic heterocycles. The molecule has 2 fully saturated rings. The second kappa shape index (κ2) is 8.18. The number of ether oxygens (including phenoxy) is 2. The molecule has 2 aliphatic rings. The Labute approximate surface area is 170 Å². The van der Waals surface area contributed by atoms with E-state index in [0.29, 0.717) is 12.1 Å². The van der Waals surface area contributed by atoms with E-state index in [1.54, 1.807) is 26.4 Å². The highest BCUT2D eigenvalue weighted by Gasteiger charge is 2.36. The van der Waals surface area contributed by atoms with Gasteiger partial charge >= 0.3 is 0 Å². The number of piperidine rings is 1. The topological polar surface area (TPSA) is 24.9 Å². The number of methoxy groups -OCH3 is 2. The monoisotopic (exact) mass is 404 g/mol. The van der Waals surface area contributed by atoms with Crippen molar-refractivity contribution in [2.45, 2.75) is 31.3 Å². The SMILES string of the molecule is COc1ccc([C@H]2CCCC3CN(c4ccc(Cl)c(F)c4)CCN32)cc1OC. The van der Waals surface area contributed by atoms with Crippen molar-refractivity contribution in [3.63, 3.8) is 0 Å². The van der Waals surface area contributed by atoms with Crippen molar-refractivity contribution in [3.8, 4) is 11.5 Å². The molecule has 2 saturated heterocycles. The Morgan fingerprint density at radius 1 is 1.00 bits per heavy atom. The molecule has 1 unspecified atom stereocenters. The molecule has 2 atom stereocenters. The molecule has 2 aromatic carbocycles. The molecule has 2 heterocycles. The van der Waals surface area contributed by atoms with Gasteiger partial charge in [0.1, 0.15) is 5.82 Å². The van der Waals surface area contributed by atoms with E-state index in [4.69, 9.17) is 21.1 Å². The summed E-state index contributed by atoms with van der Waals surface area (Å²) in [5.41, 5.74) is 2.18. The first-order valence-corrected chi connectivity index (χ1v) is 10.2. The number of nitrogens with zero attached hydrogens (tertiary/aromatic N) is 2. The van der Waals surface area contributed by atoms with Crippen LogP contribution in [0.2, 0.25) is 5.02 Å². The van der Waals surface area contributed by atoms with Gasteiger partial charge in [-0.3, -0.25) is 4.90 Å². The molecule has 0 radical (unpaired) electrons. The molecule has 6 heteroatoms. The molecule has 4 nitrogen and oxygen atoms in total. The Kier molecular flexibility index (Phi) is 5.65. The van der Waals surface area contributed by atoms with Crippen molar-refractivity contribution in [2.75, 3.05) is 38.8 Å². The van der Waals surface area contributed by atoms with Crippen LogP contribution in [0.3, 0.4) is 0 Å². The van der Waals surface area contributed by atoms with Crippen molar-refractivity contribution in [1.82, 2.24) is 4.90 Å². The zero-order valence-corrected chi connectivity index (χ0v) is 17.1. The van der Waals surface area contributed by atoms with Crippen LogP contribution in [0.15, 0.2) is 36.4 Å². The molecule has 0 amide bonds. The van der Waals surface area contributed by atoms with Crippen molar-refractivity contribution < 1.29 is 13.9 Å². The average molecular weight is 405 g/mol. The zero-order valence-electron chi connectivity index (χ0n) is 16.3. The van der Waals surface area contributed by atoms with Crippen LogP contribution >= 0.6 is 11.6 Å². The minimum Gasteiger partial charge on any atom is -0.493 e. The molecule has 0 saturated carbocycles. The standard InChI is InChI=1S/C22H26ClFN2O2/c1-27-21-9-6-15(12-22(21)28-2)20-5-3-4-17-14-25(10-11-26(17)20)16-7-8-18(23)19(24)13-16/h6-9,12-13,17,20H,3-5,10-11,14H2,1-2H3/t17?,20-/m1/s1. The number of halogens is 2. The highest BCUT2D eigenvalue weighted by molar-refractivity contribution is 6.30. The highest BCUT2D eigenvalue weighted by atomic mass is 35.5. The summed E-state index contributed by atoms with van der Waals surface area (Å²) in [7, 11) is 3.34. The van der Waals surface area contributed by atoms with E-state index in [9.17, 15) is 4.39 Å². The lowest BCUT2D eigenvalue weighted by molar-refractivity contribution is 0.0715. The fraction of sp³-hybridized carbons (Fsp3) is 0.455. The fourth-order valence-electron chi connectivity index (χ4n) is 4.58. The van der Waals surface area contributed by atoms with E-state index in [2.05, 4.69) is 21.9 Å². The molecule has 0 N–H and O–H groups in total. The van der Waals surface area contributed by atoms with E-state index in [-0.39, 0.29) is 10.8 Å². The third-order valence-electron chi connectivity index (χ3n) is 6.00. The Hall–Kier alpha value is -1.98. The lowest BCUT2D eigenvalue weighted by atomic mass is 9.89. The summed E-state index contributed by atoms with van der Waals surface area (Å²) in [6, 6.07) is 12.2. The van der Waals surface area contributed by atoms with Gasteiger partial charge in [0.25, 0.3) is 0 Å². The van der Waals surface area contributed by atoms with Gasteiger partial charge in [-0.1, -0.05) is 17.7 Å². The second-order valence-electron chi connectivity index (χ2n) is 7.50. The Bertz CT molecular complexity index is 847. The summed E-state index contributed by atoms with van der Waals surface area (Å²) in [5.74, 6) is 1.18. The predicted molar refractivity (Wildman–Crippen MR) is 110 cm³/mol. The van der Waals surface area contributed by atoms with E-state index < -0.39 is 0 Å². The number of rotatable bonds is 4. The van der Waals surface area contributed by atoms with Crippen molar-refractivity contribution in [2.24, 2.45) is 0 Å². The largest absolute Gasteiger partial charge is 0.493 e. The van der Waals surface area contributed by atoms with Crippen molar-refractivity contribution >= 4 is 17.3 Å². The quantitative estimate of drug-likeness (QED) is 0.722. The van der Waals surface area contributed by atoms with Crippen LogP contribution in [0.1, 0.15) is 30.9 Å². The maximum Gasteiger partial charge on any atom is 0.161 e. The van der Waals surface area contributed by atoms with Gasteiger partial charge in [0, 0.05) is 37.4 Å². The highest BCUT2D eigenvalue weighted by Crippen LogP contribution is 2.40. The van der Waals surface area contributed by atoms with Gasteiger partial charge in [-0.2, -0.15) is 0 Å². The van der Waals surface area contributed by atoms with Gasteiger partial charge in [-0.25, -0.2) is 4.39 Å². The van der Waals surface area contributed by atoms with E-state index in [0.717, 1.165) is 49.7 Å². The van der Waals surface area contributed by atoms with E-state index >= 15 is 0 Å². The summed E-state index contributed by atoms with van der Waals surface area (Å²) in [5, 5.41) is 0.175. The number of benzene rings is 2. The maximum absolute atomic E-state index is 13.9. The zero-order chi connectivity index (χ0) is 19.7. The first-order valence-electron chi connectivity index (χ1n) is 9.78. The Morgan fingerprint density at radius 3 is 2.57 bits per heavy atom. The van der Waals surface area contributed by atoms with E-state index in [1.807, 2.05) is 12.1 Å². The normalized spacial score (nSPS) is 22.6. The number of fused-ring (bicyclic) bond motifs is 1. The average Bonchev–Trinajstić information content (AvgIpc) is 2.74. The van der Waals surface area contributed by atoms with Gasteiger partial charge in [-0.15, -0.1) is 0 Å². The van der Waals surface area contributed by atoms with Gasteiger partial charge < -0.3 is 14.4 Å². The van der Waals surface area contributed by atoms with Crippen LogP contribution < -0.4 is 14.4 Å². The van der Waals surface area contributed by atoms with Crippen LogP contribution in [0.5, 0.6) is 11.5 Å². The minimum absolute atomic E-state index is 0.175. The molecular formula is C22H26ClFN2O2. The van der Waals surface area contributed by atoms with Crippen molar-refractivity contribution in [3.05, 3.63) is 52.8 Å². The Morgan fingerprint density at radius 2 is 1.82 bits per heavy atom.